The highest BCUT2D eigenvalue weighted by Gasteiger charge is 2.10. The minimum atomic E-state index is -0.356. The molecule has 118 valence electrons. The van der Waals surface area contributed by atoms with E-state index >= 15 is 0 Å². The first-order valence-electron chi connectivity index (χ1n) is 6.72. The number of carbonyl (C=O) groups is 1. The number of rotatable bonds is 7. The van der Waals surface area contributed by atoms with Crippen molar-refractivity contribution in [3.8, 4) is 0 Å². The Labute approximate surface area is 139 Å². The second-order valence-electron chi connectivity index (χ2n) is 4.52. The third kappa shape index (κ3) is 4.40. The highest BCUT2D eigenvalue weighted by Crippen LogP contribution is 2.26. The van der Waals surface area contributed by atoms with E-state index in [0.29, 0.717) is 21.6 Å². The molecule has 0 aliphatic rings. The zero-order valence-corrected chi connectivity index (χ0v) is 13.5. The van der Waals surface area contributed by atoms with Gasteiger partial charge in [0.15, 0.2) is 10.1 Å². The number of ketones is 1. The monoisotopic (exact) mass is 349 g/mol. The van der Waals surface area contributed by atoms with Crippen molar-refractivity contribution in [1.29, 1.82) is 0 Å². The first-order valence-corrected chi connectivity index (χ1v) is 8.52. The molecular weight excluding hydrogens is 337 g/mol. The summed E-state index contributed by atoms with van der Waals surface area (Å²) in [5, 5.41) is 11.8. The number of anilines is 1. The number of carbonyl (C=O) groups excluding carboxylic acids is 1. The number of aromatic nitrogens is 2. The van der Waals surface area contributed by atoms with Gasteiger partial charge >= 0.3 is 0 Å². The lowest BCUT2D eigenvalue weighted by Crippen LogP contribution is -2.01. The summed E-state index contributed by atoms with van der Waals surface area (Å²) in [5.41, 5.74) is 0.486. The molecule has 0 radical (unpaired) electrons. The van der Waals surface area contributed by atoms with E-state index in [-0.39, 0.29) is 17.4 Å². The summed E-state index contributed by atoms with van der Waals surface area (Å²) in [4.78, 5) is 12.0. The quantitative estimate of drug-likeness (QED) is 0.516. The van der Waals surface area contributed by atoms with E-state index in [1.54, 1.807) is 6.26 Å². The van der Waals surface area contributed by atoms with Crippen LogP contribution in [0, 0.1) is 5.82 Å². The molecule has 2 heterocycles. The molecule has 5 nitrogen and oxygen atoms in total. The minimum absolute atomic E-state index is 0.0738. The van der Waals surface area contributed by atoms with E-state index in [0.717, 1.165) is 5.76 Å². The Bertz CT molecular complexity index is 772. The molecule has 0 aliphatic heterocycles. The van der Waals surface area contributed by atoms with Crippen LogP contribution in [0.4, 0.5) is 9.52 Å². The van der Waals surface area contributed by atoms with Crippen molar-refractivity contribution in [2.75, 3.05) is 11.1 Å². The molecule has 0 spiro atoms. The second kappa shape index (κ2) is 7.38. The summed E-state index contributed by atoms with van der Waals surface area (Å²) in [6, 6.07) is 9.20. The van der Waals surface area contributed by atoms with Crippen LogP contribution in [0.2, 0.25) is 0 Å². The van der Waals surface area contributed by atoms with Crippen molar-refractivity contribution in [2.45, 2.75) is 10.9 Å². The van der Waals surface area contributed by atoms with Gasteiger partial charge in [-0.25, -0.2) is 4.39 Å². The third-order valence-corrected chi connectivity index (χ3v) is 4.91. The molecule has 0 fully saturated rings. The molecule has 8 heteroatoms. The molecule has 3 rings (SSSR count). The smallest absolute Gasteiger partial charge is 0.206 e. The van der Waals surface area contributed by atoms with Crippen molar-refractivity contribution in [1.82, 2.24) is 10.2 Å². The van der Waals surface area contributed by atoms with Crippen molar-refractivity contribution in [2.24, 2.45) is 0 Å². The van der Waals surface area contributed by atoms with Gasteiger partial charge in [0.2, 0.25) is 5.13 Å². The molecule has 3 aromatic rings. The van der Waals surface area contributed by atoms with Crippen LogP contribution < -0.4 is 5.32 Å². The van der Waals surface area contributed by atoms with E-state index in [1.165, 1.54) is 47.4 Å². The number of hydrogen-bond donors (Lipinski definition) is 1. The second-order valence-corrected chi connectivity index (χ2v) is 6.72. The molecule has 0 atom stereocenters. The Balaban J connectivity index is 1.50. The van der Waals surface area contributed by atoms with Crippen molar-refractivity contribution < 1.29 is 13.6 Å². The maximum atomic E-state index is 12.8. The molecule has 0 saturated carbocycles. The van der Waals surface area contributed by atoms with Crippen LogP contribution in [0.1, 0.15) is 16.1 Å². The third-order valence-electron chi connectivity index (χ3n) is 2.89. The standard InChI is InChI=1S/C15H12FN3O2S2/c16-11-5-3-10(4-6-11)13(20)9-22-15-19-18-14(23-15)17-8-12-2-1-7-21-12/h1-7H,8-9H2,(H,17,18). The van der Waals surface area contributed by atoms with Crippen molar-refractivity contribution in [3.05, 3.63) is 59.8 Å². The molecule has 23 heavy (non-hydrogen) atoms. The predicted octanol–water partition coefficient (Wildman–Crippen LogP) is 3.86. The first kappa shape index (κ1) is 15.7. The zero-order valence-electron chi connectivity index (χ0n) is 11.9. The van der Waals surface area contributed by atoms with Crippen molar-refractivity contribution >= 4 is 34.0 Å². The highest BCUT2D eigenvalue weighted by molar-refractivity contribution is 8.01. The average molecular weight is 349 g/mol. The van der Waals surface area contributed by atoms with Crippen LogP contribution >= 0.6 is 23.1 Å². The summed E-state index contributed by atoms with van der Waals surface area (Å²) in [7, 11) is 0. The molecule has 0 saturated heterocycles. The lowest BCUT2D eigenvalue weighted by molar-refractivity contribution is 0.102. The molecular formula is C15H12FN3O2S2. The Kier molecular flexibility index (Phi) is 5.04. The topological polar surface area (TPSA) is 68.0 Å². The molecule has 0 amide bonds. The van der Waals surface area contributed by atoms with Gasteiger partial charge in [0.1, 0.15) is 11.6 Å². The summed E-state index contributed by atoms with van der Waals surface area (Å²) in [6.07, 6.45) is 1.61. The molecule has 0 bridgehead atoms. The normalized spacial score (nSPS) is 10.7. The maximum absolute atomic E-state index is 12.8. The van der Waals surface area contributed by atoms with Gasteiger partial charge in [-0.3, -0.25) is 4.79 Å². The van der Waals surface area contributed by atoms with E-state index < -0.39 is 0 Å². The minimum Gasteiger partial charge on any atom is -0.467 e. The van der Waals surface area contributed by atoms with Gasteiger partial charge in [-0.2, -0.15) is 0 Å². The van der Waals surface area contributed by atoms with E-state index in [9.17, 15) is 9.18 Å². The SMILES string of the molecule is O=C(CSc1nnc(NCc2ccco2)s1)c1ccc(F)cc1. The highest BCUT2D eigenvalue weighted by atomic mass is 32.2. The Morgan fingerprint density at radius 3 is 2.83 bits per heavy atom. The van der Waals surface area contributed by atoms with Crippen LogP contribution in [0.5, 0.6) is 0 Å². The summed E-state index contributed by atoms with van der Waals surface area (Å²) in [5.74, 6) is 0.611. The fourth-order valence-corrected chi connectivity index (χ4v) is 3.40. The average Bonchev–Trinajstić information content (AvgIpc) is 3.23. The van der Waals surface area contributed by atoms with Gasteiger partial charge in [0.25, 0.3) is 0 Å². The summed E-state index contributed by atoms with van der Waals surface area (Å²) >= 11 is 2.68. The summed E-state index contributed by atoms with van der Waals surface area (Å²) in [6.45, 7) is 0.529. The predicted molar refractivity (Wildman–Crippen MR) is 87.4 cm³/mol. The number of thioether (sulfide) groups is 1. The van der Waals surface area contributed by atoms with Crippen LogP contribution in [0.3, 0.4) is 0 Å². The number of Topliss-reactive ketones (excluding diaryl/α,β-unsaturated/α-hetero) is 1. The first-order chi connectivity index (χ1) is 11.2. The number of nitrogens with one attached hydrogen (secondary N) is 1. The fourth-order valence-electron chi connectivity index (χ4n) is 1.76. The Morgan fingerprint density at radius 1 is 1.26 bits per heavy atom. The van der Waals surface area contributed by atoms with E-state index in [2.05, 4.69) is 15.5 Å². The van der Waals surface area contributed by atoms with Gasteiger partial charge in [-0.05, 0) is 36.4 Å². The van der Waals surface area contributed by atoms with Gasteiger partial charge in [0, 0.05) is 5.56 Å². The molecule has 1 aromatic carbocycles. The Morgan fingerprint density at radius 2 is 2.09 bits per heavy atom. The van der Waals surface area contributed by atoms with Gasteiger partial charge in [-0.15, -0.1) is 10.2 Å². The number of nitrogens with zero attached hydrogens (tertiary/aromatic N) is 2. The molecule has 1 N–H and O–H groups in total. The van der Waals surface area contributed by atoms with E-state index in [1.807, 2.05) is 12.1 Å². The largest absolute Gasteiger partial charge is 0.467 e. The van der Waals surface area contributed by atoms with Crippen molar-refractivity contribution in [3.63, 3.8) is 0 Å². The van der Waals surface area contributed by atoms with Gasteiger partial charge < -0.3 is 9.73 Å². The van der Waals surface area contributed by atoms with Gasteiger partial charge in [-0.1, -0.05) is 23.1 Å². The lowest BCUT2D eigenvalue weighted by atomic mass is 10.1. The fraction of sp³-hybridized carbons (Fsp3) is 0.133. The van der Waals surface area contributed by atoms with Crippen LogP contribution in [0.15, 0.2) is 51.4 Å². The lowest BCUT2D eigenvalue weighted by Gasteiger charge is -1.99. The number of benzene rings is 1. The molecule has 0 unspecified atom stereocenters. The number of halogens is 1. The Hall–Kier alpha value is -2.19. The maximum Gasteiger partial charge on any atom is 0.206 e. The van der Waals surface area contributed by atoms with Crippen LogP contribution in [0.25, 0.3) is 0 Å². The molecule has 2 aromatic heterocycles. The van der Waals surface area contributed by atoms with Crippen LogP contribution in [-0.4, -0.2) is 21.7 Å². The zero-order chi connectivity index (χ0) is 16.1. The van der Waals surface area contributed by atoms with Crippen LogP contribution in [-0.2, 0) is 6.54 Å². The van der Waals surface area contributed by atoms with E-state index in [4.69, 9.17) is 4.42 Å². The number of furan rings is 1. The molecule has 0 aliphatic carbocycles. The van der Waals surface area contributed by atoms with Gasteiger partial charge in [0.05, 0.1) is 18.6 Å². The summed E-state index contributed by atoms with van der Waals surface area (Å²) < 4.78 is 18.7. The number of hydrogen-bond acceptors (Lipinski definition) is 7.